The topological polar surface area (TPSA) is 67.2 Å². The molecule has 0 bridgehead atoms. The molecule has 1 N–H and O–H groups in total. The van der Waals surface area contributed by atoms with Crippen LogP contribution in [0.5, 0.6) is 0 Å². The van der Waals surface area contributed by atoms with Gasteiger partial charge in [0, 0.05) is 18.8 Å². The van der Waals surface area contributed by atoms with Crippen molar-refractivity contribution >= 4 is 22.8 Å². The van der Waals surface area contributed by atoms with Crippen molar-refractivity contribution in [2.75, 3.05) is 18.0 Å². The molecule has 1 aromatic carbocycles. The van der Waals surface area contributed by atoms with E-state index in [4.69, 9.17) is 0 Å². The summed E-state index contributed by atoms with van der Waals surface area (Å²) in [5.41, 5.74) is -2.02. The maximum absolute atomic E-state index is 14.7. The van der Waals surface area contributed by atoms with E-state index in [-0.39, 0.29) is 35.5 Å². The van der Waals surface area contributed by atoms with Crippen LogP contribution in [0.25, 0.3) is 16.7 Å². The number of alkyl halides is 4. The highest BCUT2D eigenvalue weighted by atomic mass is 19.4. The van der Waals surface area contributed by atoms with E-state index in [0.717, 1.165) is 22.9 Å². The number of pyridine rings is 2. The van der Waals surface area contributed by atoms with Crippen LogP contribution in [0, 0.1) is 17.6 Å². The van der Waals surface area contributed by atoms with Crippen LogP contribution >= 0.6 is 0 Å². The minimum atomic E-state index is -4.77. The van der Waals surface area contributed by atoms with Crippen molar-refractivity contribution in [2.45, 2.75) is 38.7 Å². The normalized spacial score (nSPS) is 17.1. The zero-order chi connectivity index (χ0) is 26.4. The van der Waals surface area contributed by atoms with Gasteiger partial charge in [-0.05, 0) is 36.6 Å². The Balaban J connectivity index is 1.90. The minimum Gasteiger partial charge on any atom is -0.354 e. The molecule has 1 fully saturated rings. The molecular weight excluding hydrogens is 490 g/mol. The van der Waals surface area contributed by atoms with E-state index in [1.807, 2.05) is 5.32 Å². The summed E-state index contributed by atoms with van der Waals surface area (Å²) in [5.74, 6) is -4.00. The minimum absolute atomic E-state index is 0.0577. The van der Waals surface area contributed by atoms with E-state index >= 15 is 0 Å². The molecule has 1 aliphatic rings. The fourth-order valence-corrected chi connectivity index (χ4v) is 4.16. The number of halogens is 6. The van der Waals surface area contributed by atoms with E-state index in [2.05, 4.69) is 4.98 Å². The Morgan fingerprint density at radius 1 is 1.17 bits per heavy atom. The van der Waals surface area contributed by atoms with E-state index in [1.165, 1.54) is 26.0 Å². The lowest BCUT2D eigenvalue weighted by molar-refractivity contribution is -0.162. The van der Waals surface area contributed by atoms with E-state index in [9.17, 15) is 35.9 Å². The van der Waals surface area contributed by atoms with Gasteiger partial charge in [0.05, 0.1) is 17.6 Å². The number of hydrogen-bond donors (Lipinski definition) is 1. The predicted molar refractivity (Wildman–Crippen MR) is 121 cm³/mol. The lowest BCUT2D eigenvalue weighted by Gasteiger charge is -2.25. The number of hydrogen-bond acceptors (Lipinski definition) is 4. The monoisotopic (exact) mass is 512 g/mol. The van der Waals surface area contributed by atoms with Crippen LogP contribution in [0.3, 0.4) is 0 Å². The average Bonchev–Trinajstić information content (AvgIpc) is 3.23. The zero-order valence-corrected chi connectivity index (χ0v) is 19.2. The largest absolute Gasteiger partial charge is 0.408 e. The first-order valence-corrected chi connectivity index (χ1v) is 11.1. The van der Waals surface area contributed by atoms with Gasteiger partial charge in [-0.2, -0.15) is 13.2 Å². The van der Waals surface area contributed by atoms with Crippen molar-refractivity contribution in [3.63, 3.8) is 0 Å². The predicted octanol–water partition coefficient (Wildman–Crippen LogP) is 4.53. The molecule has 0 saturated carbocycles. The quantitative estimate of drug-likeness (QED) is 0.511. The van der Waals surface area contributed by atoms with Crippen LogP contribution in [0.1, 0.15) is 30.6 Å². The number of rotatable bonds is 5. The first kappa shape index (κ1) is 25.5. The van der Waals surface area contributed by atoms with Crippen molar-refractivity contribution in [3.8, 4) is 5.69 Å². The third-order valence-corrected chi connectivity index (χ3v) is 6.01. The summed E-state index contributed by atoms with van der Waals surface area (Å²) in [6.45, 7) is 2.93. The van der Waals surface area contributed by atoms with Gasteiger partial charge in [-0.15, -0.1) is 0 Å². The molecule has 1 aliphatic heterocycles. The lowest BCUT2D eigenvalue weighted by atomic mass is 10.0. The first-order valence-electron chi connectivity index (χ1n) is 11.1. The number of nitrogens with zero attached hydrogens (tertiary/aromatic N) is 3. The second-order valence-electron chi connectivity index (χ2n) is 8.95. The Morgan fingerprint density at radius 3 is 2.47 bits per heavy atom. The van der Waals surface area contributed by atoms with Gasteiger partial charge < -0.3 is 10.2 Å². The summed E-state index contributed by atoms with van der Waals surface area (Å²) in [6, 6.07) is 3.05. The smallest absolute Gasteiger partial charge is 0.354 e. The van der Waals surface area contributed by atoms with Gasteiger partial charge >= 0.3 is 6.18 Å². The fraction of sp³-hybridized carbons (Fsp3) is 0.375. The fourth-order valence-electron chi connectivity index (χ4n) is 4.16. The van der Waals surface area contributed by atoms with E-state index in [1.54, 1.807) is 4.90 Å². The number of carbonyl (C=O) groups is 1. The van der Waals surface area contributed by atoms with Crippen molar-refractivity contribution in [1.82, 2.24) is 14.9 Å². The number of nitrogens with one attached hydrogen (secondary N) is 1. The Kier molecular flexibility index (Phi) is 6.72. The molecule has 1 amide bonds. The number of amides is 1. The van der Waals surface area contributed by atoms with Gasteiger partial charge in [0.1, 0.15) is 35.2 Å². The van der Waals surface area contributed by atoms with Gasteiger partial charge in [0.2, 0.25) is 5.43 Å². The van der Waals surface area contributed by atoms with Crippen molar-refractivity contribution in [2.24, 2.45) is 5.92 Å². The molecule has 0 radical (unpaired) electrons. The van der Waals surface area contributed by atoms with Gasteiger partial charge in [-0.1, -0.05) is 13.8 Å². The van der Waals surface area contributed by atoms with Crippen LogP contribution < -0.4 is 15.6 Å². The third kappa shape index (κ3) is 4.89. The van der Waals surface area contributed by atoms with Crippen molar-refractivity contribution in [1.29, 1.82) is 0 Å². The van der Waals surface area contributed by atoms with Crippen molar-refractivity contribution in [3.05, 3.63) is 63.9 Å². The summed E-state index contributed by atoms with van der Waals surface area (Å²) in [6.07, 6.45) is -4.70. The molecule has 6 nitrogen and oxygen atoms in total. The Hall–Kier alpha value is -3.57. The highest BCUT2D eigenvalue weighted by Gasteiger charge is 2.43. The highest BCUT2D eigenvalue weighted by Crippen LogP contribution is 2.27. The molecule has 2 aromatic heterocycles. The van der Waals surface area contributed by atoms with Gasteiger partial charge in [-0.25, -0.2) is 18.2 Å². The molecule has 36 heavy (non-hydrogen) atoms. The number of anilines is 1. The average molecular weight is 512 g/mol. The maximum Gasteiger partial charge on any atom is 0.408 e. The summed E-state index contributed by atoms with van der Waals surface area (Å²) >= 11 is 0. The van der Waals surface area contributed by atoms with Crippen LogP contribution in [0.2, 0.25) is 0 Å². The van der Waals surface area contributed by atoms with E-state index in [0.29, 0.717) is 12.6 Å². The molecule has 4 rings (SSSR count). The van der Waals surface area contributed by atoms with Crippen LogP contribution in [0.4, 0.5) is 32.2 Å². The first-order chi connectivity index (χ1) is 16.9. The standard InChI is InChI=1S/C24H22F6N4O2/c1-12(2)21(24(28,29)30)32-23(36)16-11-34(18-5-3-13(25)9-17(18)27)22-15(20(16)35)4-6-19(31-22)33-8-7-14(26)10-33/h3-6,9,11-12,14,21H,7-8,10H2,1-2H3,(H,32,36)/t14-,21?/m0/s1. The maximum atomic E-state index is 14.7. The number of carbonyl (C=O) groups excluding carboxylic acids is 1. The number of aromatic nitrogens is 2. The van der Waals surface area contributed by atoms with Crippen LogP contribution in [-0.4, -0.2) is 46.9 Å². The molecule has 2 atom stereocenters. The molecule has 3 heterocycles. The van der Waals surface area contributed by atoms with E-state index < -0.39 is 52.8 Å². The van der Waals surface area contributed by atoms with Gasteiger partial charge in [0.15, 0.2) is 5.65 Å². The van der Waals surface area contributed by atoms with Gasteiger partial charge in [0.25, 0.3) is 5.91 Å². The summed E-state index contributed by atoms with van der Waals surface area (Å²) in [7, 11) is 0. The molecule has 12 heteroatoms. The summed E-state index contributed by atoms with van der Waals surface area (Å²) in [4.78, 5) is 32.0. The SMILES string of the molecule is CC(C)C(NC(=O)c1cn(-c2ccc(F)cc2F)c2nc(N3CC[C@H](F)C3)ccc2c1=O)C(F)(F)F. The Morgan fingerprint density at radius 2 is 1.89 bits per heavy atom. The van der Waals surface area contributed by atoms with Gasteiger partial charge in [-0.3, -0.25) is 14.2 Å². The number of fused-ring (bicyclic) bond motifs is 1. The molecular formula is C24H22F6N4O2. The number of benzene rings is 1. The lowest BCUT2D eigenvalue weighted by Crippen LogP contribution is -2.49. The molecule has 0 aliphatic carbocycles. The molecule has 192 valence electrons. The Bertz CT molecular complexity index is 1370. The van der Waals surface area contributed by atoms with Crippen molar-refractivity contribution < 1.29 is 31.1 Å². The zero-order valence-electron chi connectivity index (χ0n) is 19.2. The Labute approximate surface area is 201 Å². The second-order valence-corrected chi connectivity index (χ2v) is 8.95. The summed E-state index contributed by atoms with van der Waals surface area (Å²) in [5, 5.41) is 1.66. The highest BCUT2D eigenvalue weighted by molar-refractivity contribution is 5.97. The second kappa shape index (κ2) is 9.47. The van der Waals surface area contributed by atoms with Crippen LogP contribution in [-0.2, 0) is 0 Å². The molecule has 0 spiro atoms. The van der Waals surface area contributed by atoms with Crippen LogP contribution in [0.15, 0.2) is 41.3 Å². The molecule has 1 saturated heterocycles. The molecule has 3 aromatic rings. The molecule has 1 unspecified atom stereocenters. The third-order valence-electron chi connectivity index (χ3n) is 6.01. The summed E-state index contributed by atoms with van der Waals surface area (Å²) < 4.78 is 83.3.